The second-order valence-corrected chi connectivity index (χ2v) is 5.89. The van der Waals surface area contributed by atoms with Crippen molar-refractivity contribution >= 4 is 0 Å². The van der Waals surface area contributed by atoms with Crippen LogP contribution in [0.15, 0.2) is 52.9 Å². The predicted molar refractivity (Wildman–Crippen MR) is 88.4 cm³/mol. The van der Waals surface area contributed by atoms with Crippen LogP contribution in [0.1, 0.15) is 36.0 Å². The van der Waals surface area contributed by atoms with Crippen molar-refractivity contribution in [3.63, 3.8) is 0 Å². The fourth-order valence-corrected chi connectivity index (χ4v) is 3.07. The smallest absolute Gasteiger partial charge is 0.254 e. The maximum Gasteiger partial charge on any atom is 0.254 e. The van der Waals surface area contributed by atoms with Gasteiger partial charge in [-0.25, -0.2) is 0 Å². The zero-order valence-corrected chi connectivity index (χ0v) is 13.2. The minimum absolute atomic E-state index is 0.215. The van der Waals surface area contributed by atoms with Gasteiger partial charge in [-0.3, -0.25) is 0 Å². The molecule has 1 aliphatic rings. The van der Waals surface area contributed by atoms with Crippen molar-refractivity contribution in [1.82, 2.24) is 10.2 Å². The van der Waals surface area contributed by atoms with E-state index in [9.17, 15) is 5.11 Å². The van der Waals surface area contributed by atoms with Gasteiger partial charge in [-0.1, -0.05) is 30.3 Å². The first kappa shape index (κ1) is 14.9. The molecule has 0 saturated carbocycles. The molecule has 4 rings (SSSR count). The number of nitrogens with zero attached hydrogens (tertiary/aromatic N) is 2. The number of hydrogen-bond donors (Lipinski definition) is 1. The summed E-state index contributed by atoms with van der Waals surface area (Å²) in [6.45, 7) is 0.215. The lowest BCUT2D eigenvalue weighted by atomic mass is 9.89. The number of rotatable bonds is 4. The van der Waals surface area contributed by atoms with E-state index in [0.29, 0.717) is 11.8 Å². The molecule has 5 nitrogen and oxygen atoms in total. The van der Waals surface area contributed by atoms with Crippen molar-refractivity contribution < 1.29 is 14.3 Å². The Balaban J connectivity index is 1.50. The summed E-state index contributed by atoms with van der Waals surface area (Å²) in [7, 11) is 0. The van der Waals surface area contributed by atoms with E-state index in [4.69, 9.17) is 9.15 Å². The second kappa shape index (κ2) is 6.45. The minimum Gasteiger partial charge on any atom is -0.484 e. The number of hydrogen-bond acceptors (Lipinski definition) is 5. The summed E-state index contributed by atoms with van der Waals surface area (Å²) in [5, 5.41) is 18.2. The Morgan fingerprint density at radius 1 is 1.08 bits per heavy atom. The lowest BCUT2D eigenvalue weighted by Gasteiger charge is -2.23. The van der Waals surface area contributed by atoms with E-state index < -0.39 is 6.10 Å². The van der Waals surface area contributed by atoms with E-state index in [2.05, 4.69) is 10.2 Å². The molecule has 122 valence electrons. The number of fused-ring (bicyclic) bond motifs is 1. The summed E-state index contributed by atoms with van der Waals surface area (Å²) in [5.74, 6) is 1.70. The zero-order valence-electron chi connectivity index (χ0n) is 13.2. The number of aromatic nitrogens is 2. The summed E-state index contributed by atoms with van der Waals surface area (Å²) in [6.07, 6.45) is 2.29. The van der Waals surface area contributed by atoms with E-state index in [-0.39, 0.29) is 6.61 Å². The molecule has 0 radical (unpaired) electrons. The van der Waals surface area contributed by atoms with Gasteiger partial charge in [-0.15, -0.1) is 10.2 Å². The van der Waals surface area contributed by atoms with Crippen molar-refractivity contribution in [3.8, 4) is 17.2 Å². The first-order valence-corrected chi connectivity index (χ1v) is 8.12. The summed E-state index contributed by atoms with van der Waals surface area (Å²) < 4.78 is 11.5. The van der Waals surface area contributed by atoms with Crippen LogP contribution >= 0.6 is 0 Å². The summed E-state index contributed by atoms with van der Waals surface area (Å²) in [5.41, 5.74) is 2.93. The Morgan fingerprint density at radius 3 is 2.83 bits per heavy atom. The van der Waals surface area contributed by atoms with Gasteiger partial charge in [0.05, 0.1) is 6.10 Å². The molecule has 1 atom stereocenters. The summed E-state index contributed by atoms with van der Waals surface area (Å²) >= 11 is 0. The largest absolute Gasteiger partial charge is 0.484 e. The quantitative estimate of drug-likeness (QED) is 0.793. The van der Waals surface area contributed by atoms with Crippen LogP contribution in [0.4, 0.5) is 0 Å². The average molecular weight is 322 g/mol. The number of aliphatic hydroxyl groups is 1. The highest BCUT2D eigenvalue weighted by Crippen LogP contribution is 2.35. The Labute approximate surface area is 139 Å². The van der Waals surface area contributed by atoms with Gasteiger partial charge in [-0.2, -0.15) is 0 Å². The van der Waals surface area contributed by atoms with Crippen LogP contribution in [0.2, 0.25) is 0 Å². The Kier molecular flexibility index (Phi) is 4.01. The Morgan fingerprint density at radius 2 is 1.96 bits per heavy atom. The molecule has 1 heterocycles. The third-order valence-corrected chi connectivity index (χ3v) is 4.27. The molecule has 5 heteroatoms. The van der Waals surface area contributed by atoms with Crippen molar-refractivity contribution in [2.45, 2.75) is 32.0 Å². The number of aliphatic hydroxyl groups excluding tert-OH is 1. The monoisotopic (exact) mass is 322 g/mol. The molecule has 2 aromatic carbocycles. The van der Waals surface area contributed by atoms with Crippen molar-refractivity contribution in [3.05, 3.63) is 65.5 Å². The fourth-order valence-electron chi connectivity index (χ4n) is 3.07. The SMILES string of the molecule is OC1CCCc2c(OCc3nnc(-c4ccccc4)o3)cccc21. The first-order chi connectivity index (χ1) is 11.8. The van der Waals surface area contributed by atoms with Crippen LogP contribution in [0.5, 0.6) is 5.75 Å². The van der Waals surface area contributed by atoms with Crippen molar-refractivity contribution in [1.29, 1.82) is 0 Å². The average Bonchev–Trinajstić information content (AvgIpc) is 3.10. The molecule has 24 heavy (non-hydrogen) atoms. The van der Waals surface area contributed by atoms with E-state index in [1.54, 1.807) is 0 Å². The lowest BCUT2D eigenvalue weighted by molar-refractivity contribution is 0.154. The van der Waals surface area contributed by atoms with Gasteiger partial charge in [0.25, 0.3) is 5.89 Å². The van der Waals surface area contributed by atoms with Gasteiger partial charge in [0.1, 0.15) is 5.75 Å². The van der Waals surface area contributed by atoms with Gasteiger partial charge in [-0.05, 0) is 48.6 Å². The van der Waals surface area contributed by atoms with Gasteiger partial charge in [0, 0.05) is 5.56 Å². The molecule has 1 aromatic heterocycles. The number of benzene rings is 2. The lowest BCUT2D eigenvalue weighted by Crippen LogP contribution is -2.11. The first-order valence-electron chi connectivity index (χ1n) is 8.12. The van der Waals surface area contributed by atoms with E-state index >= 15 is 0 Å². The predicted octanol–water partition coefficient (Wildman–Crippen LogP) is 3.69. The molecular formula is C19H18N2O3. The molecular weight excluding hydrogens is 304 g/mol. The van der Waals surface area contributed by atoms with Crippen molar-refractivity contribution in [2.75, 3.05) is 0 Å². The minimum atomic E-state index is -0.398. The highest BCUT2D eigenvalue weighted by molar-refractivity contribution is 5.51. The molecule has 1 unspecified atom stereocenters. The van der Waals surface area contributed by atoms with Crippen molar-refractivity contribution in [2.24, 2.45) is 0 Å². The molecule has 0 aliphatic heterocycles. The highest BCUT2D eigenvalue weighted by Gasteiger charge is 2.21. The topological polar surface area (TPSA) is 68.4 Å². The normalized spacial score (nSPS) is 16.6. The maximum atomic E-state index is 10.1. The molecule has 1 aliphatic carbocycles. The second-order valence-electron chi connectivity index (χ2n) is 5.89. The molecule has 0 saturated heterocycles. The van der Waals surface area contributed by atoms with E-state index in [1.807, 2.05) is 48.5 Å². The standard InChI is InChI=1S/C19H18N2O3/c22-16-10-4-9-15-14(16)8-5-11-17(15)23-12-18-20-21-19(24-18)13-6-2-1-3-7-13/h1-3,5-8,11,16,22H,4,9-10,12H2. The van der Waals surface area contributed by atoms with Crippen LogP contribution in [-0.2, 0) is 13.0 Å². The fraction of sp³-hybridized carbons (Fsp3) is 0.263. The van der Waals surface area contributed by atoms with E-state index in [1.165, 1.54) is 0 Å². The Bertz CT molecular complexity index is 830. The number of ether oxygens (including phenoxy) is 1. The van der Waals surface area contributed by atoms with Crippen LogP contribution < -0.4 is 4.74 Å². The Hall–Kier alpha value is -2.66. The summed E-state index contributed by atoms with van der Waals surface area (Å²) in [6, 6.07) is 15.4. The third-order valence-electron chi connectivity index (χ3n) is 4.27. The maximum absolute atomic E-state index is 10.1. The molecule has 0 fully saturated rings. The molecule has 0 spiro atoms. The molecule has 0 bridgehead atoms. The molecule has 0 amide bonds. The zero-order chi connectivity index (χ0) is 16.4. The third kappa shape index (κ3) is 2.90. The van der Waals surface area contributed by atoms with Crippen LogP contribution in [-0.4, -0.2) is 15.3 Å². The van der Waals surface area contributed by atoms with Gasteiger partial charge >= 0.3 is 0 Å². The molecule has 3 aromatic rings. The van der Waals surface area contributed by atoms with Gasteiger partial charge < -0.3 is 14.3 Å². The summed E-state index contributed by atoms with van der Waals surface area (Å²) in [4.78, 5) is 0. The molecule has 1 N–H and O–H groups in total. The van der Waals surface area contributed by atoms with Crippen LogP contribution in [0.3, 0.4) is 0 Å². The van der Waals surface area contributed by atoms with E-state index in [0.717, 1.165) is 41.7 Å². The highest BCUT2D eigenvalue weighted by atomic mass is 16.5. The van der Waals surface area contributed by atoms with Crippen LogP contribution in [0.25, 0.3) is 11.5 Å². The van der Waals surface area contributed by atoms with Crippen LogP contribution in [0, 0.1) is 0 Å². The van der Waals surface area contributed by atoms with Gasteiger partial charge in [0.15, 0.2) is 6.61 Å². The van der Waals surface area contributed by atoms with Gasteiger partial charge in [0.2, 0.25) is 5.89 Å².